The number of aromatic nitrogens is 2. The van der Waals surface area contributed by atoms with Crippen molar-refractivity contribution in [1.82, 2.24) is 20.2 Å². The Morgan fingerprint density at radius 3 is 2.14 bits per heavy atom. The number of amides is 3. The van der Waals surface area contributed by atoms with Gasteiger partial charge < -0.3 is 10.6 Å². The maximum Gasteiger partial charge on any atom is 0.320 e. The zero-order valence-electron chi connectivity index (χ0n) is 14.4. The van der Waals surface area contributed by atoms with Crippen molar-refractivity contribution >= 4 is 28.5 Å². The highest BCUT2D eigenvalue weighted by Gasteiger charge is 2.18. The fourth-order valence-corrected chi connectivity index (χ4v) is 2.87. The summed E-state index contributed by atoms with van der Waals surface area (Å²) in [5.41, 5.74) is 1.12. The van der Waals surface area contributed by atoms with Crippen molar-refractivity contribution in [3.05, 3.63) is 77.0 Å². The lowest BCUT2D eigenvalue weighted by atomic mass is 10.2. The normalized spacial score (nSPS) is 10.4. The molecule has 1 aromatic heterocycles. The van der Waals surface area contributed by atoms with Gasteiger partial charge in [-0.15, -0.1) is 5.10 Å². The van der Waals surface area contributed by atoms with Gasteiger partial charge in [-0.25, -0.2) is 13.6 Å². The molecule has 0 unspecified atom stereocenters. The predicted octanol–water partition coefficient (Wildman–Crippen LogP) is 3.07. The molecule has 0 aliphatic rings. The summed E-state index contributed by atoms with van der Waals surface area (Å²) in [6, 6.07) is 11.1. The minimum absolute atomic E-state index is 0.0534. The molecule has 3 amide bonds. The van der Waals surface area contributed by atoms with Crippen molar-refractivity contribution in [2.45, 2.75) is 13.1 Å². The average molecular weight is 403 g/mol. The van der Waals surface area contributed by atoms with Crippen molar-refractivity contribution in [2.75, 3.05) is 5.32 Å². The third kappa shape index (κ3) is 5.30. The molecule has 0 saturated carbocycles. The summed E-state index contributed by atoms with van der Waals surface area (Å²) >= 11 is 0.841. The molecule has 0 atom stereocenters. The number of nitrogens with zero attached hydrogens (tertiary/aromatic N) is 2. The number of hydrogen-bond acceptors (Lipinski definition) is 5. The first kappa shape index (κ1) is 19.4. The highest BCUT2D eigenvalue weighted by molar-refractivity contribution is 7.10. The number of benzene rings is 2. The van der Waals surface area contributed by atoms with Gasteiger partial charge in [0.25, 0.3) is 5.91 Å². The van der Waals surface area contributed by atoms with E-state index in [4.69, 9.17) is 0 Å². The molecule has 2 aromatic carbocycles. The Morgan fingerprint density at radius 2 is 1.54 bits per heavy atom. The molecule has 144 valence electrons. The van der Waals surface area contributed by atoms with E-state index in [1.54, 1.807) is 18.2 Å². The number of halogens is 2. The van der Waals surface area contributed by atoms with Gasteiger partial charge in [-0.2, -0.15) is 0 Å². The van der Waals surface area contributed by atoms with Crippen LogP contribution in [0.15, 0.2) is 48.5 Å². The zero-order valence-corrected chi connectivity index (χ0v) is 15.2. The van der Waals surface area contributed by atoms with Crippen molar-refractivity contribution in [1.29, 1.82) is 0 Å². The van der Waals surface area contributed by atoms with Crippen molar-refractivity contribution < 1.29 is 18.4 Å². The lowest BCUT2D eigenvalue weighted by Crippen LogP contribution is -2.30. The molecule has 0 aliphatic heterocycles. The molecule has 3 rings (SSSR count). The first-order chi connectivity index (χ1) is 13.5. The van der Waals surface area contributed by atoms with Gasteiger partial charge in [0.1, 0.15) is 11.6 Å². The van der Waals surface area contributed by atoms with E-state index in [0.717, 1.165) is 11.5 Å². The molecule has 0 spiro atoms. The van der Waals surface area contributed by atoms with Crippen LogP contribution >= 0.6 is 11.5 Å². The number of nitrogens with one attached hydrogen (secondary N) is 3. The molecule has 28 heavy (non-hydrogen) atoms. The van der Waals surface area contributed by atoms with Crippen LogP contribution in [0.2, 0.25) is 0 Å². The smallest absolute Gasteiger partial charge is 0.320 e. The van der Waals surface area contributed by atoms with E-state index in [1.165, 1.54) is 30.3 Å². The van der Waals surface area contributed by atoms with Crippen molar-refractivity contribution in [3.8, 4) is 0 Å². The first-order valence-electron chi connectivity index (χ1n) is 8.15. The van der Waals surface area contributed by atoms with Crippen LogP contribution in [0, 0.1) is 11.6 Å². The summed E-state index contributed by atoms with van der Waals surface area (Å²) in [7, 11) is 0. The van der Waals surface area contributed by atoms with E-state index in [-0.39, 0.29) is 23.8 Å². The molecule has 3 N–H and O–H groups in total. The number of carbonyl (C=O) groups excluding carboxylic acids is 2. The third-order valence-corrected chi connectivity index (χ3v) is 4.26. The summed E-state index contributed by atoms with van der Waals surface area (Å²) in [6.45, 7) is 0.205. The molecule has 0 bridgehead atoms. The largest absolute Gasteiger partial charge is 0.346 e. The van der Waals surface area contributed by atoms with Crippen molar-refractivity contribution in [3.63, 3.8) is 0 Å². The van der Waals surface area contributed by atoms with Gasteiger partial charge in [0.2, 0.25) is 0 Å². The standard InChI is InChI=1S/C18H15F2N5O2S/c19-13-5-1-3-11(7-13)9-21-16(26)15-17(28-25-24-15)23-18(27)22-10-12-4-2-6-14(20)8-12/h1-8H,9-10H2,(H,21,26)(H2,22,23,27). The van der Waals surface area contributed by atoms with Gasteiger partial charge in [0.15, 0.2) is 10.7 Å². The van der Waals surface area contributed by atoms with Gasteiger partial charge in [-0.05, 0) is 35.4 Å². The van der Waals surface area contributed by atoms with Crippen LogP contribution in [0.4, 0.5) is 18.6 Å². The Bertz CT molecular complexity index is 995. The lowest BCUT2D eigenvalue weighted by Gasteiger charge is -2.08. The van der Waals surface area contributed by atoms with Gasteiger partial charge >= 0.3 is 6.03 Å². The summed E-state index contributed by atoms with van der Waals surface area (Å²) < 4.78 is 30.0. The Balaban J connectivity index is 1.55. The molecular weight excluding hydrogens is 388 g/mol. The quantitative estimate of drug-likeness (QED) is 0.589. The number of urea groups is 1. The Hall–Kier alpha value is -3.40. The molecule has 1 heterocycles. The van der Waals surface area contributed by atoms with E-state index < -0.39 is 23.6 Å². The number of hydrogen-bond donors (Lipinski definition) is 3. The molecule has 10 heteroatoms. The predicted molar refractivity (Wildman–Crippen MR) is 99.7 cm³/mol. The molecular formula is C18H15F2N5O2S. The topological polar surface area (TPSA) is 96.0 Å². The monoisotopic (exact) mass is 403 g/mol. The maximum atomic E-state index is 13.2. The Labute approximate surface area is 162 Å². The van der Waals surface area contributed by atoms with Gasteiger partial charge in [0.05, 0.1) is 0 Å². The van der Waals surface area contributed by atoms with Gasteiger partial charge in [0, 0.05) is 24.6 Å². The Morgan fingerprint density at radius 1 is 0.929 bits per heavy atom. The van der Waals surface area contributed by atoms with Crippen LogP contribution in [0.25, 0.3) is 0 Å². The second-order valence-corrected chi connectivity index (χ2v) is 6.45. The van der Waals surface area contributed by atoms with Crippen LogP contribution in [0.5, 0.6) is 0 Å². The van der Waals surface area contributed by atoms with E-state index in [1.807, 2.05) is 0 Å². The SMILES string of the molecule is O=C(NCc1cccc(F)c1)Nc1snnc1C(=O)NCc1cccc(F)c1. The van der Waals surface area contributed by atoms with Crippen LogP contribution in [-0.2, 0) is 13.1 Å². The van der Waals surface area contributed by atoms with Crippen LogP contribution in [0.1, 0.15) is 21.6 Å². The zero-order chi connectivity index (χ0) is 19.9. The molecule has 0 aliphatic carbocycles. The molecule has 0 fully saturated rings. The molecule has 7 nitrogen and oxygen atoms in total. The van der Waals surface area contributed by atoms with Crippen LogP contribution in [-0.4, -0.2) is 21.5 Å². The summed E-state index contributed by atoms with van der Waals surface area (Å²) in [6.07, 6.45) is 0. The summed E-state index contributed by atoms with van der Waals surface area (Å²) in [5, 5.41) is 11.5. The number of carbonyl (C=O) groups is 2. The number of anilines is 1. The fraction of sp³-hybridized carbons (Fsp3) is 0.111. The third-order valence-electron chi connectivity index (χ3n) is 3.61. The highest BCUT2D eigenvalue weighted by atomic mass is 32.1. The van der Waals surface area contributed by atoms with E-state index in [0.29, 0.717) is 11.1 Å². The average Bonchev–Trinajstić information content (AvgIpc) is 3.13. The highest BCUT2D eigenvalue weighted by Crippen LogP contribution is 2.17. The second kappa shape index (κ2) is 9.00. The number of rotatable bonds is 6. The minimum atomic E-state index is -0.588. The van der Waals surface area contributed by atoms with Gasteiger partial charge in [-0.3, -0.25) is 10.1 Å². The molecule has 0 saturated heterocycles. The van der Waals surface area contributed by atoms with Crippen LogP contribution < -0.4 is 16.0 Å². The van der Waals surface area contributed by atoms with Gasteiger partial charge in [-0.1, -0.05) is 28.8 Å². The minimum Gasteiger partial charge on any atom is -0.346 e. The Kier molecular flexibility index (Phi) is 6.22. The summed E-state index contributed by atoms with van der Waals surface area (Å²) in [4.78, 5) is 24.3. The van der Waals surface area contributed by atoms with E-state index in [2.05, 4.69) is 25.5 Å². The van der Waals surface area contributed by atoms with E-state index in [9.17, 15) is 18.4 Å². The molecule has 0 radical (unpaired) electrons. The second-order valence-electron chi connectivity index (χ2n) is 5.70. The van der Waals surface area contributed by atoms with Crippen LogP contribution in [0.3, 0.4) is 0 Å². The molecule has 3 aromatic rings. The first-order valence-corrected chi connectivity index (χ1v) is 8.93. The maximum absolute atomic E-state index is 13.2. The lowest BCUT2D eigenvalue weighted by molar-refractivity contribution is 0.0946. The van der Waals surface area contributed by atoms with E-state index >= 15 is 0 Å². The summed E-state index contributed by atoms with van der Waals surface area (Å²) in [5.74, 6) is -1.36. The fourth-order valence-electron chi connectivity index (χ4n) is 2.31. The van der Waals surface area contributed by atoms with Crippen molar-refractivity contribution in [2.24, 2.45) is 0 Å².